The van der Waals surface area contributed by atoms with Gasteiger partial charge in [-0.15, -0.1) is 0 Å². The summed E-state index contributed by atoms with van der Waals surface area (Å²) >= 11 is 0. The van der Waals surface area contributed by atoms with Crippen LogP contribution in [0, 0.1) is 0 Å². The third-order valence-corrected chi connectivity index (χ3v) is 13.8. The van der Waals surface area contributed by atoms with E-state index in [2.05, 4.69) is 32.9 Å². The molecule has 0 fully saturated rings. The minimum absolute atomic E-state index is 0.0672. The standard InChI is InChI=1S/C61H116O6/c1-4-7-10-13-16-19-22-25-27-28-29-30-31-32-34-36-39-42-45-48-51-54-60(63)66-57-58(56-65-59(62)53-50-47-44-41-38-35-24-21-18-15-12-9-6-3)67-61(64)55-52-49-46-43-40-37-33-26-23-20-17-14-11-8-5-2/h26,33,58H,4-25,27-32,34-57H2,1-3H3/b33-26-/t58-/m0/s1. The first-order valence-electron chi connectivity index (χ1n) is 30.2. The van der Waals surface area contributed by atoms with E-state index in [-0.39, 0.29) is 31.1 Å². The summed E-state index contributed by atoms with van der Waals surface area (Å²) < 4.78 is 16.9. The normalized spacial score (nSPS) is 12.0. The second-order valence-corrected chi connectivity index (χ2v) is 20.6. The highest BCUT2D eigenvalue weighted by Crippen LogP contribution is 2.18. The predicted octanol–water partition coefficient (Wildman–Crippen LogP) is 20.1. The second kappa shape index (κ2) is 56.7. The van der Waals surface area contributed by atoms with E-state index in [4.69, 9.17) is 14.2 Å². The van der Waals surface area contributed by atoms with E-state index >= 15 is 0 Å². The number of unbranched alkanes of at least 4 members (excludes halogenated alkanes) is 43. The van der Waals surface area contributed by atoms with Crippen molar-refractivity contribution in [3.63, 3.8) is 0 Å². The molecule has 67 heavy (non-hydrogen) atoms. The van der Waals surface area contributed by atoms with Gasteiger partial charge in [0.05, 0.1) is 0 Å². The number of carbonyl (C=O) groups is 3. The number of allylic oxidation sites excluding steroid dienone is 2. The highest BCUT2D eigenvalue weighted by molar-refractivity contribution is 5.71. The minimum Gasteiger partial charge on any atom is -0.462 e. The molecule has 0 unspecified atom stereocenters. The first kappa shape index (κ1) is 65.1. The molecule has 0 aliphatic carbocycles. The summed E-state index contributed by atoms with van der Waals surface area (Å²) in [6, 6.07) is 0. The SMILES string of the molecule is CCCCCCCC/C=C\CCCCCCCC(=O)O[C@@H](COC(=O)CCCCCCCCCCCCCCC)COC(=O)CCCCCCCCCCCCCCCCCCCCCCC. The van der Waals surface area contributed by atoms with Crippen LogP contribution in [0.3, 0.4) is 0 Å². The summed E-state index contributed by atoms with van der Waals surface area (Å²) in [5, 5.41) is 0. The van der Waals surface area contributed by atoms with Crippen LogP contribution in [0.25, 0.3) is 0 Å². The van der Waals surface area contributed by atoms with Crippen molar-refractivity contribution in [2.45, 2.75) is 348 Å². The predicted molar refractivity (Wildman–Crippen MR) is 289 cm³/mol. The maximum atomic E-state index is 12.8. The topological polar surface area (TPSA) is 78.9 Å². The average molecular weight is 946 g/mol. The summed E-state index contributed by atoms with van der Waals surface area (Å²) in [7, 11) is 0. The minimum atomic E-state index is -0.769. The van der Waals surface area contributed by atoms with Gasteiger partial charge in [-0.05, 0) is 44.9 Å². The first-order chi connectivity index (χ1) is 33.0. The van der Waals surface area contributed by atoms with Gasteiger partial charge in [-0.3, -0.25) is 14.4 Å². The van der Waals surface area contributed by atoms with E-state index in [0.717, 1.165) is 64.2 Å². The second-order valence-electron chi connectivity index (χ2n) is 20.6. The molecule has 0 spiro atoms. The van der Waals surface area contributed by atoms with Crippen molar-refractivity contribution in [2.24, 2.45) is 0 Å². The van der Waals surface area contributed by atoms with Crippen LogP contribution in [0.15, 0.2) is 12.2 Å². The molecule has 0 rings (SSSR count). The zero-order valence-corrected chi connectivity index (χ0v) is 45.5. The van der Waals surface area contributed by atoms with Crippen molar-refractivity contribution in [1.29, 1.82) is 0 Å². The van der Waals surface area contributed by atoms with Crippen molar-refractivity contribution in [3.05, 3.63) is 12.2 Å². The third-order valence-electron chi connectivity index (χ3n) is 13.8. The largest absolute Gasteiger partial charge is 0.462 e. The van der Waals surface area contributed by atoms with Crippen molar-refractivity contribution in [1.82, 2.24) is 0 Å². The lowest BCUT2D eigenvalue weighted by Gasteiger charge is -2.18. The molecule has 0 aliphatic rings. The van der Waals surface area contributed by atoms with E-state index in [0.29, 0.717) is 19.3 Å². The summed E-state index contributed by atoms with van der Waals surface area (Å²) in [4.78, 5) is 38.2. The summed E-state index contributed by atoms with van der Waals surface area (Å²) in [5.41, 5.74) is 0. The maximum Gasteiger partial charge on any atom is 0.306 e. The highest BCUT2D eigenvalue weighted by Gasteiger charge is 2.19. The monoisotopic (exact) mass is 945 g/mol. The Labute approximate surface area is 418 Å². The van der Waals surface area contributed by atoms with Gasteiger partial charge in [-0.1, -0.05) is 290 Å². The van der Waals surface area contributed by atoms with Crippen LogP contribution < -0.4 is 0 Å². The molecule has 0 aromatic carbocycles. The average Bonchev–Trinajstić information content (AvgIpc) is 3.33. The summed E-state index contributed by atoms with van der Waals surface area (Å²) in [6.45, 7) is 6.69. The number of carbonyl (C=O) groups excluding carboxylic acids is 3. The molecule has 0 bridgehead atoms. The molecule has 0 saturated carbocycles. The molecular formula is C61H116O6. The van der Waals surface area contributed by atoms with Crippen LogP contribution in [0.5, 0.6) is 0 Å². The number of hydrogen-bond donors (Lipinski definition) is 0. The van der Waals surface area contributed by atoms with Gasteiger partial charge in [0.15, 0.2) is 6.10 Å². The van der Waals surface area contributed by atoms with Gasteiger partial charge >= 0.3 is 17.9 Å². The smallest absolute Gasteiger partial charge is 0.306 e. The maximum absolute atomic E-state index is 12.8. The molecule has 6 heteroatoms. The number of rotatable bonds is 56. The van der Waals surface area contributed by atoms with Gasteiger partial charge in [0.2, 0.25) is 0 Å². The van der Waals surface area contributed by atoms with E-state index < -0.39 is 6.10 Å². The number of ether oxygens (including phenoxy) is 3. The quantitative estimate of drug-likeness (QED) is 0.0262. The first-order valence-corrected chi connectivity index (χ1v) is 30.2. The van der Waals surface area contributed by atoms with E-state index in [9.17, 15) is 14.4 Å². The zero-order chi connectivity index (χ0) is 48.6. The van der Waals surface area contributed by atoms with Crippen LogP contribution in [0.4, 0.5) is 0 Å². The van der Waals surface area contributed by atoms with Crippen LogP contribution in [0.1, 0.15) is 342 Å². The Bertz CT molecular complexity index is 1040. The van der Waals surface area contributed by atoms with Crippen LogP contribution in [-0.2, 0) is 28.6 Å². The van der Waals surface area contributed by atoms with Crippen molar-refractivity contribution in [2.75, 3.05) is 13.2 Å². The Morgan fingerprint density at radius 1 is 0.284 bits per heavy atom. The Balaban J connectivity index is 4.26. The molecule has 0 radical (unpaired) electrons. The zero-order valence-electron chi connectivity index (χ0n) is 45.5. The Hall–Kier alpha value is -1.85. The van der Waals surface area contributed by atoms with Gasteiger partial charge in [0.1, 0.15) is 13.2 Å². The number of hydrogen-bond acceptors (Lipinski definition) is 6. The lowest BCUT2D eigenvalue weighted by atomic mass is 10.0. The Morgan fingerprint density at radius 2 is 0.493 bits per heavy atom. The fourth-order valence-electron chi connectivity index (χ4n) is 9.21. The molecule has 0 aromatic heterocycles. The highest BCUT2D eigenvalue weighted by atomic mass is 16.6. The number of esters is 3. The van der Waals surface area contributed by atoms with Crippen molar-refractivity contribution >= 4 is 17.9 Å². The van der Waals surface area contributed by atoms with Crippen LogP contribution >= 0.6 is 0 Å². The van der Waals surface area contributed by atoms with E-state index in [1.54, 1.807) is 0 Å². The van der Waals surface area contributed by atoms with Gasteiger partial charge < -0.3 is 14.2 Å². The van der Waals surface area contributed by atoms with Crippen molar-refractivity contribution < 1.29 is 28.6 Å². The van der Waals surface area contributed by atoms with Gasteiger partial charge in [-0.25, -0.2) is 0 Å². The molecule has 0 aromatic rings. The molecular weight excluding hydrogens is 829 g/mol. The van der Waals surface area contributed by atoms with Crippen LogP contribution in [0.2, 0.25) is 0 Å². The summed E-state index contributed by atoms with van der Waals surface area (Å²) in [6.07, 6.45) is 64.9. The van der Waals surface area contributed by atoms with Crippen molar-refractivity contribution in [3.8, 4) is 0 Å². The molecule has 0 aliphatic heterocycles. The van der Waals surface area contributed by atoms with E-state index in [1.165, 1.54) is 238 Å². The third kappa shape index (κ3) is 55.0. The molecule has 6 nitrogen and oxygen atoms in total. The van der Waals surface area contributed by atoms with Crippen LogP contribution in [-0.4, -0.2) is 37.2 Å². The fourth-order valence-corrected chi connectivity index (χ4v) is 9.21. The summed E-state index contributed by atoms with van der Waals surface area (Å²) in [5.74, 6) is -0.850. The van der Waals surface area contributed by atoms with Gasteiger partial charge in [-0.2, -0.15) is 0 Å². The molecule has 0 saturated heterocycles. The molecule has 0 heterocycles. The lowest BCUT2D eigenvalue weighted by molar-refractivity contribution is -0.167. The molecule has 0 N–H and O–H groups in total. The Morgan fingerprint density at radius 3 is 0.746 bits per heavy atom. The van der Waals surface area contributed by atoms with Gasteiger partial charge in [0.25, 0.3) is 0 Å². The molecule has 396 valence electrons. The molecule has 1 atom stereocenters. The van der Waals surface area contributed by atoms with E-state index in [1.807, 2.05) is 0 Å². The fraction of sp³-hybridized carbons (Fsp3) is 0.918. The van der Waals surface area contributed by atoms with Gasteiger partial charge in [0, 0.05) is 19.3 Å². The molecule has 0 amide bonds. The lowest BCUT2D eigenvalue weighted by Crippen LogP contribution is -2.30. The Kier molecular flexibility index (Phi) is 55.2.